The van der Waals surface area contributed by atoms with Crippen molar-refractivity contribution >= 4 is 11.9 Å². The van der Waals surface area contributed by atoms with Crippen LogP contribution in [0.3, 0.4) is 0 Å². The van der Waals surface area contributed by atoms with Gasteiger partial charge < -0.3 is 10.1 Å². The van der Waals surface area contributed by atoms with Crippen molar-refractivity contribution in [1.82, 2.24) is 10.6 Å². The first-order valence-corrected chi connectivity index (χ1v) is 5.93. The van der Waals surface area contributed by atoms with Crippen LogP contribution >= 0.6 is 0 Å². The molecule has 1 aliphatic heterocycles. The largest absolute Gasteiger partial charge is 0.494 e. The minimum Gasteiger partial charge on any atom is -0.494 e. The summed E-state index contributed by atoms with van der Waals surface area (Å²) in [5.41, 5.74) is -0.268. The van der Waals surface area contributed by atoms with Crippen LogP contribution in [0.5, 0.6) is 5.75 Å². The second-order valence-corrected chi connectivity index (χ2v) is 4.41. The van der Waals surface area contributed by atoms with E-state index in [0.29, 0.717) is 6.61 Å². The maximum atomic E-state index is 11.7. The van der Waals surface area contributed by atoms with E-state index in [1.165, 1.54) is 0 Å². The zero-order chi connectivity index (χ0) is 13.2. The molecule has 2 N–H and O–H groups in total. The molecule has 2 rings (SSSR count). The third kappa shape index (κ3) is 2.16. The topological polar surface area (TPSA) is 67.4 Å². The van der Waals surface area contributed by atoms with Gasteiger partial charge in [0, 0.05) is 0 Å². The predicted molar refractivity (Wildman–Crippen MR) is 66.3 cm³/mol. The van der Waals surface area contributed by atoms with Gasteiger partial charge in [-0.05, 0) is 31.0 Å². The van der Waals surface area contributed by atoms with Crippen LogP contribution in [0, 0.1) is 0 Å². The van der Waals surface area contributed by atoms with Crippen molar-refractivity contribution in [2.45, 2.75) is 25.8 Å². The average molecular weight is 248 g/mol. The molecule has 0 spiro atoms. The zero-order valence-corrected chi connectivity index (χ0v) is 10.4. The molecular formula is C13H16N2O3. The van der Waals surface area contributed by atoms with Crippen LogP contribution in [0.15, 0.2) is 24.3 Å². The van der Waals surface area contributed by atoms with Gasteiger partial charge in [0.2, 0.25) is 0 Å². The molecule has 0 radical (unpaired) electrons. The number of rotatable bonds is 4. The Bertz CT molecular complexity index is 470. The van der Waals surface area contributed by atoms with Gasteiger partial charge in [0.05, 0.1) is 6.61 Å². The number of urea groups is 1. The molecule has 1 atom stereocenters. The number of ether oxygens (including phenoxy) is 1. The predicted octanol–water partition coefficient (Wildman–Crippen LogP) is 1.53. The summed E-state index contributed by atoms with van der Waals surface area (Å²) in [6.07, 6.45) is 0.942. The Kier molecular flexibility index (Phi) is 3.23. The Balaban J connectivity index is 2.19. The SMILES string of the molecule is CCCOc1ccc([C@]2(C)NC(=O)NC2=O)cc1. The van der Waals surface area contributed by atoms with Crippen molar-refractivity contribution in [2.75, 3.05) is 6.61 Å². The van der Waals surface area contributed by atoms with Crippen LogP contribution in [-0.4, -0.2) is 18.5 Å². The van der Waals surface area contributed by atoms with Gasteiger partial charge in [-0.1, -0.05) is 19.1 Å². The highest BCUT2D eigenvalue weighted by Gasteiger charge is 2.43. The van der Waals surface area contributed by atoms with Gasteiger partial charge in [-0.3, -0.25) is 10.1 Å². The molecule has 1 aliphatic rings. The number of nitrogens with one attached hydrogen (secondary N) is 2. The molecule has 18 heavy (non-hydrogen) atoms. The molecule has 1 aromatic rings. The van der Waals surface area contributed by atoms with Gasteiger partial charge in [0.1, 0.15) is 11.3 Å². The first-order valence-electron chi connectivity index (χ1n) is 5.93. The molecule has 0 aromatic heterocycles. The summed E-state index contributed by atoms with van der Waals surface area (Å²) in [5, 5.41) is 4.85. The third-order valence-electron chi connectivity index (χ3n) is 2.95. The third-order valence-corrected chi connectivity index (χ3v) is 2.95. The molecule has 96 valence electrons. The molecular weight excluding hydrogens is 232 g/mol. The van der Waals surface area contributed by atoms with E-state index in [9.17, 15) is 9.59 Å². The highest BCUT2D eigenvalue weighted by atomic mass is 16.5. The number of hydrogen-bond acceptors (Lipinski definition) is 3. The summed E-state index contributed by atoms with van der Waals surface area (Å²) in [5.74, 6) is 0.420. The van der Waals surface area contributed by atoms with E-state index in [0.717, 1.165) is 17.7 Å². The number of imide groups is 1. The maximum Gasteiger partial charge on any atom is 0.322 e. The minimum atomic E-state index is -1.000. The highest BCUT2D eigenvalue weighted by molar-refractivity contribution is 6.07. The number of benzene rings is 1. The second kappa shape index (κ2) is 4.68. The molecule has 3 amide bonds. The monoisotopic (exact) mass is 248 g/mol. The summed E-state index contributed by atoms with van der Waals surface area (Å²) in [4.78, 5) is 22.9. The fourth-order valence-electron chi connectivity index (χ4n) is 1.85. The number of carbonyl (C=O) groups is 2. The van der Waals surface area contributed by atoms with Gasteiger partial charge in [-0.2, -0.15) is 0 Å². The molecule has 1 aromatic carbocycles. The van der Waals surface area contributed by atoms with Gasteiger partial charge in [-0.25, -0.2) is 4.79 Å². The van der Waals surface area contributed by atoms with Crippen molar-refractivity contribution in [2.24, 2.45) is 0 Å². The summed E-state index contributed by atoms with van der Waals surface area (Å²) in [6, 6.07) is 6.71. The molecule has 0 unspecified atom stereocenters. The molecule has 0 bridgehead atoms. The van der Waals surface area contributed by atoms with Crippen LogP contribution in [-0.2, 0) is 10.3 Å². The van der Waals surface area contributed by atoms with Gasteiger partial charge in [0.15, 0.2) is 0 Å². The van der Waals surface area contributed by atoms with Crippen LogP contribution in [0.25, 0.3) is 0 Å². The molecule has 0 aliphatic carbocycles. The summed E-state index contributed by atoms with van der Waals surface area (Å²) >= 11 is 0. The average Bonchev–Trinajstić information content (AvgIpc) is 2.62. The van der Waals surface area contributed by atoms with Crippen LogP contribution in [0.2, 0.25) is 0 Å². The second-order valence-electron chi connectivity index (χ2n) is 4.41. The molecule has 1 saturated heterocycles. The van der Waals surface area contributed by atoms with Crippen molar-refractivity contribution in [3.05, 3.63) is 29.8 Å². The molecule has 0 saturated carbocycles. The first kappa shape index (κ1) is 12.4. The van der Waals surface area contributed by atoms with Gasteiger partial charge >= 0.3 is 6.03 Å². The molecule has 5 nitrogen and oxygen atoms in total. The molecule has 1 fully saturated rings. The lowest BCUT2D eigenvalue weighted by atomic mass is 9.92. The Hall–Kier alpha value is -2.04. The number of carbonyl (C=O) groups excluding carboxylic acids is 2. The Morgan fingerprint density at radius 1 is 1.22 bits per heavy atom. The minimum absolute atomic E-state index is 0.338. The quantitative estimate of drug-likeness (QED) is 0.794. The van der Waals surface area contributed by atoms with E-state index < -0.39 is 11.6 Å². The van der Waals surface area contributed by atoms with E-state index in [2.05, 4.69) is 10.6 Å². The van der Waals surface area contributed by atoms with Crippen LogP contribution in [0.1, 0.15) is 25.8 Å². The Morgan fingerprint density at radius 3 is 2.39 bits per heavy atom. The lowest BCUT2D eigenvalue weighted by Gasteiger charge is -2.21. The van der Waals surface area contributed by atoms with E-state index >= 15 is 0 Å². The maximum absolute atomic E-state index is 11.7. The van der Waals surface area contributed by atoms with E-state index in [-0.39, 0.29) is 5.91 Å². The lowest BCUT2D eigenvalue weighted by molar-refractivity contribution is -0.123. The summed E-state index contributed by atoms with van der Waals surface area (Å²) < 4.78 is 5.47. The first-order chi connectivity index (χ1) is 8.56. The van der Waals surface area contributed by atoms with Crippen molar-refractivity contribution in [3.8, 4) is 5.75 Å². The normalized spacial score (nSPS) is 22.6. The fraction of sp³-hybridized carbons (Fsp3) is 0.385. The lowest BCUT2D eigenvalue weighted by Crippen LogP contribution is -2.40. The summed E-state index contributed by atoms with van der Waals surface area (Å²) in [6.45, 7) is 4.37. The fourth-order valence-corrected chi connectivity index (χ4v) is 1.85. The molecule has 1 heterocycles. The van der Waals surface area contributed by atoms with Crippen molar-refractivity contribution in [1.29, 1.82) is 0 Å². The molecule has 5 heteroatoms. The van der Waals surface area contributed by atoms with E-state index in [1.54, 1.807) is 31.2 Å². The van der Waals surface area contributed by atoms with Crippen LogP contribution < -0.4 is 15.4 Å². The Morgan fingerprint density at radius 2 is 1.89 bits per heavy atom. The standard InChI is InChI=1S/C13H16N2O3/c1-3-8-18-10-6-4-9(5-7-10)13(2)11(16)14-12(17)15-13/h4-7H,3,8H2,1-2H3,(H2,14,15,16,17)/t13-/m0/s1. The van der Waals surface area contributed by atoms with Gasteiger partial charge in [0.25, 0.3) is 5.91 Å². The zero-order valence-electron chi connectivity index (χ0n) is 10.4. The smallest absolute Gasteiger partial charge is 0.322 e. The number of hydrogen-bond donors (Lipinski definition) is 2. The van der Waals surface area contributed by atoms with E-state index in [4.69, 9.17) is 4.74 Å². The summed E-state index contributed by atoms with van der Waals surface area (Å²) in [7, 11) is 0. The number of amides is 3. The van der Waals surface area contributed by atoms with Crippen molar-refractivity contribution in [3.63, 3.8) is 0 Å². The van der Waals surface area contributed by atoms with Crippen LogP contribution in [0.4, 0.5) is 4.79 Å². The highest BCUT2D eigenvalue weighted by Crippen LogP contribution is 2.26. The van der Waals surface area contributed by atoms with Crippen molar-refractivity contribution < 1.29 is 14.3 Å². The van der Waals surface area contributed by atoms with E-state index in [1.807, 2.05) is 6.92 Å². The van der Waals surface area contributed by atoms with Gasteiger partial charge in [-0.15, -0.1) is 0 Å². The Labute approximate surface area is 106 Å².